The number of aliphatic hydroxyl groups excluding tert-OH is 1. The molecule has 0 aliphatic heterocycles. The summed E-state index contributed by atoms with van der Waals surface area (Å²) in [5.74, 6) is 1.64. The standard InChI is InChI=1S/C14H26O2/c1-2-14(16)9-7-12(8-10-14)11-3-5-13(15)6-4-11/h11-13,15-16H,2-10H2,1H3. The van der Waals surface area contributed by atoms with Gasteiger partial charge in [-0.05, 0) is 69.6 Å². The van der Waals surface area contributed by atoms with Crippen LogP contribution in [0.4, 0.5) is 0 Å². The summed E-state index contributed by atoms with van der Waals surface area (Å²) < 4.78 is 0. The zero-order valence-electron chi connectivity index (χ0n) is 10.5. The van der Waals surface area contributed by atoms with Crippen LogP contribution in [0.25, 0.3) is 0 Å². The van der Waals surface area contributed by atoms with Gasteiger partial charge in [-0.3, -0.25) is 0 Å². The Hall–Kier alpha value is -0.0800. The SMILES string of the molecule is CCC1(O)CCC(C2CCC(O)CC2)CC1. The van der Waals surface area contributed by atoms with Crippen molar-refractivity contribution in [2.24, 2.45) is 11.8 Å². The smallest absolute Gasteiger partial charge is 0.0645 e. The Labute approximate surface area is 99.1 Å². The van der Waals surface area contributed by atoms with Crippen LogP contribution in [-0.4, -0.2) is 21.9 Å². The van der Waals surface area contributed by atoms with Crippen molar-refractivity contribution in [3.05, 3.63) is 0 Å². The summed E-state index contributed by atoms with van der Waals surface area (Å²) in [6, 6.07) is 0. The topological polar surface area (TPSA) is 40.5 Å². The Morgan fingerprint density at radius 2 is 1.44 bits per heavy atom. The first-order valence-electron chi connectivity index (χ1n) is 7.03. The molecule has 2 fully saturated rings. The highest BCUT2D eigenvalue weighted by molar-refractivity contribution is 4.88. The molecular formula is C14H26O2. The van der Waals surface area contributed by atoms with Gasteiger partial charge in [-0.2, -0.15) is 0 Å². The lowest BCUT2D eigenvalue weighted by molar-refractivity contribution is -0.0265. The van der Waals surface area contributed by atoms with E-state index >= 15 is 0 Å². The Morgan fingerprint density at radius 3 is 1.94 bits per heavy atom. The lowest BCUT2D eigenvalue weighted by Crippen LogP contribution is -2.36. The van der Waals surface area contributed by atoms with Gasteiger partial charge in [0, 0.05) is 0 Å². The van der Waals surface area contributed by atoms with Crippen LogP contribution in [0.15, 0.2) is 0 Å². The van der Waals surface area contributed by atoms with E-state index in [1.165, 1.54) is 25.7 Å². The maximum atomic E-state index is 10.2. The van der Waals surface area contributed by atoms with Gasteiger partial charge in [-0.25, -0.2) is 0 Å². The van der Waals surface area contributed by atoms with Crippen molar-refractivity contribution in [2.75, 3.05) is 0 Å². The molecule has 0 bridgehead atoms. The molecule has 0 radical (unpaired) electrons. The number of aliphatic hydroxyl groups is 2. The second kappa shape index (κ2) is 5.05. The van der Waals surface area contributed by atoms with Crippen LogP contribution >= 0.6 is 0 Å². The first-order chi connectivity index (χ1) is 7.63. The van der Waals surface area contributed by atoms with Crippen molar-refractivity contribution in [2.45, 2.75) is 76.4 Å². The van der Waals surface area contributed by atoms with Crippen LogP contribution in [0.3, 0.4) is 0 Å². The quantitative estimate of drug-likeness (QED) is 0.760. The van der Waals surface area contributed by atoms with Gasteiger partial charge in [0.15, 0.2) is 0 Å². The Morgan fingerprint density at radius 1 is 0.938 bits per heavy atom. The number of hydrogen-bond acceptors (Lipinski definition) is 2. The molecule has 0 spiro atoms. The van der Waals surface area contributed by atoms with Crippen LogP contribution in [0.1, 0.15) is 64.7 Å². The van der Waals surface area contributed by atoms with Crippen LogP contribution < -0.4 is 0 Å². The molecule has 0 saturated heterocycles. The second-order valence-corrected chi connectivity index (χ2v) is 5.98. The van der Waals surface area contributed by atoms with E-state index in [9.17, 15) is 10.2 Å². The summed E-state index contributed by atoms with van der Waals surface area (Å²) in [6.07, 6.45) is 9.66. The lowest BCUT2D eigenvalue weighted by Gasteiger charge is -2.40. The van der Waals surface area contributed by atoms with Gasteiger partial charge in [-0.15, -0.1) is 0 Å². The molecule has 0 atom stereocenters. The van der Waals surface area contributed by atoms with Gasteiger partial charge < -0.3 is 10.2 Å². The first-order valence-corrected chi connectivity index (χ1v) is 7.03. The van der Waals surface area contributed by atoms with Crippen LogP contribution in [-0.2, 0) is 0 Å². The van der Waals surface area contributed by atoms with Gasteiger partial charge in [0.2, 0.25) is 0 Å². The Kier molecular flexibility index (Phi) is 3.91. The van der Waals surface area contributed by atoms with Crippen molar-refractivity contribution in [3.63, 3.8) is 0 Å². The molecule has 2 rings (SSSR count). The minimum Gasteiger partial charge on any atom is -0.393 e. The second-order valence-electron chi connectivity index (χ2n) is 5.98. The van der Waals surface area contributed by atoms with Crippen LogP contribution in [0.5, 0.6) is 0 Å². The minimum atomic E-state index is -0.356. The maximum absolute atomic E-state index is 10.2. The molecule has 2 saturated carbocycles. The summed E-state index contributed by atoms with van der Waals surface area (Å²) in [5.41, 5.74) is -0.356. The van der Waals surface area contributed by atoms with Gasteiger partial charge in [0.1, 0.15) is 0 Å². The molecular weight excluding hydrogens is 200 g/mol. The third-order valence-corrected chi connectivity index (χ3v) is 5.03. The molecule has 2 aliphatic rings. The predicted octanol–water partition coefficient (Wildman–Crippen LogP) is 2.87. The van der Waals surface area contributed by atoms with Crippen molar-refractivity contribution >= 4 is 0 Å². The maximum Gasteiger partial charge on any atom is 0.0645 e. The molecule has 0 aromatic carbocycles. The van der Waals surface area contributed by atoms with E-state index in [-0.39, 0.29) is 11.7 Å². The minimum absolute atomic E-state index is 0.0348. The molecule has 0 aromatic rings. The van der Waals surface area contributed by atoms with Crippen molar-refractivity contribution in [1.29, 1.82) is 0 Å². The van der Waals surface area contributed by atoms with Crippen LogP contribution in [0, 0.1) is 11.8 Å². The lowest BCUT2D eigenvalue weighted by atomic mass is 9.69. The third-order valence-electron chi connectivity index (χ3n) is 5.03. The predicted molar refractivity (Wildman–Crippen MR) is 65.2 cm³/mol. The fourth-order valence-corrected chi connectivity index (χ4v) is 3.58. The highest BCUT2D eigenvalue weighted by atomic mass is 16.3. The normalized spacial score (nSPS) is 45.6. The highest BCUT2D eigenvalue weighted by Crippen LogP contribution is 2.42. The van der Waals surface area contributed by atoms with Crippen molar-refractivity contribution in [1.82, 2.24) is 0 Å². The van der Waals surface area contributed by atoms with Crippen molar-refractivity contribution < 1.29 is 10.2 Å². The molecule has 0 unspecified atom stereocenters. The van der Waals surface area contributed by atoms with E-state index < -0.39 is 0 Å². The van der Waals surface area contributed by atoms with E-state index in [1.54, 1.807) is 0 Å². The van der Waals surface area contributed by atoms with Gasteiger partial charge in [0.05, 0.1) is 11.7 Å². The van der Waals surface area contributed by atoms with E-state index in [1.807, 2.05) is 0 Å². The van der Waals surface area contributed by atoms with Gasteiger partial charge in [-0.1, -0.05) is 6.92 Å². The van der Waals surface area contributed by atoms with E-state index in [0.29, 0.717) is 0 Å². The average Bonchev–Trinajstić information content (AvgIpc) is 2.32. The number of hydrogen-bond donors (Lipinski definition) is 2. The van der Waals surface area contributed by atoms with E-state index in [0.717, 1.165) is 43.9 Å². The van der Waals surface area contributed by atoms with Gasteiger partial charge >= 0.3 is 0 Å². The first kappa shape index (κ1) is 12.4. The fraction of sp³-hybridized carbons (Fsp3) is 1.00. The molecule has 0 amide bonds. The highest BCUT2D eigenvalue weighted by Gasteiger charge is 2.35. The Balaban J connectivity index is 1.80. The van der Waals surface area contributed by atoms with Crippen molar-refractivity contribution in [3.8, 4) is 0 Å². The summed E-state index contributed by atoms with van der Waals surface area (Å²) >= 11 is 0. The summed E-state index contributed by atoms with van der Waals surface area (Å²) in [5, 5.41) is 19.7. The zero-order valence-corrected chi connectivity index (χ0v) is 10.5. The molecule has 0 heterocycles. The molecule has 2 nitrogen and oxygen atoms in total. The molecule has 94 valence electrons. The number of rotatable bonds is 2. The van der Waals surface area contributed by atoms with E-state index in [2.05, 4.69) is 6.92 Å². The zero-order chi connectivity index (χ0) is 11.6. The van der Waals surface area contributed by atoms with Crippen LogP contribution in [0.2, 0.25) is 0 Å². The third kappa shape index (κ3) is 2.78. The summed E-state index contributed by atoms with van der Waals surface area (Å²) in [6.45, 7) is 2.09. The van der Waals surface area contributed by atoms with Gasteiger partial charge in [0.25, 0.3) is 0 Å². The average molecular weight is 226 g/mol. The monoisotopic (exact) mass is 226 g/mol. The summed E-state index contributed by atoms with van der Waals surface area (Å²) in [4.78, 5) is 0. The van der Waals surface area contributed by atoms with E-state index in [4.69, 9.17) is 0 Å². The molecule has 0 aromatic heterocycles. The molecule has 2 heteroatoms. The molecule has 2 aliphatic carbocycles. The molecule has 2 N–H and O–H groups in total. The summed E-state index contributed by atoms with van der Waals surface area (Å²) in [7, 11) is 0. The largest absolute Gasteiger partial charge is 0.393 e. The molecule has 16 heavy (non-hydrogen) atoms. The fourth-order valence-electron chi connectivity index (χ4n) is 3.58. The Bertz CT molecular complexity index is 211.